The van der Waals surface area contributed by atoms with E-state index in [2.05, 4.69) is 15.5 Å². The van der Waals surface area contributed by atoms with E-state index in [1.54, 1.807) is 13.2 Å². The average Bonchev–Trinajstić information content (AvgIpc) is 3.09. The van der Waals surface area contributed by atoms with Crippen molar-refractivity contribution in [3.63, 3.8) is 0 Å². The van der Waals surface area contributed by atoms with Crippen LogP contribution in [-0.2, 0) is 16.6 Å². The summed E-state index contributed by atoms with van der Waals surface area (Å²) in [5, 5.41) is 10.0. The minimum Gasteiger partial charge on any atom is -0.310 e. The molecule has 108 valence electrons. The van der Waals surface area contributed by atoms with Crippen LogP contribution in [0.3, 0.4) is 0 Å². The molecule has 0 amide bonds. The fourth-order valence-electron chi connectivity index (χ4n) is 1.85. The topological polar surface area (TPSA) is 78.1 Å². The van der Waals surface area contributed by atoms with Gasteiger partial charge in [0, 0.05) is 31.7 Å². The fraction of sp³-hybridized carbons (Fsp3) is 0.750. The summed E-state index contributed by atoms with van der Waals surface area (Å²) < 4.78 is 26.2. The van der Waals surface area contributed by atoms with E-state index in [9.17, 15) is 8.42 Å². The zero-order valence-electron chi connectivity index (χ0n) is 11.5. The van der Waals surface area contributed by atoms with E-state index in [4.69, 9.17) is 0 Å². The lowest BCUT2D eigenvalue weighted by Gasteiger charge is -2.16. The van der Waals surface area contributed by atoms with Crippen LogP contribution in [0.4, 0.5) is 0 Å². The van der Waals surface area contributed by atoms with Crippen molar-refractivity contribution >= 4 is 10.0 Å². The summed E-state index contributed by atoms with van der Waals surface area (Å²) in [6.07, 6.45) is 5.78. The first-order chi connectivity index (χ1) is 9.05. The molecule has 6 nitrogen and oxygen atoms in total. The third kappa shape index (κ3) is 3.55. The van der Waals surface area contributed by atoms with Crippen molar-refractivity contribution in [3.05, 3.63) is 11.8 Å². The van der Waals surface area contributed by atoms with E-state index >= 15 is 0 Å². The first-order valence-corrected chi connectivity index (χ1v) is 8.21. The van der Waals surface area contributed by atoms with Crippen molar-refractivity contribution < 1.29 is 8.42 Å². The molecule has 1 aliphatic carbocycles. The second-order valence-electron chi connectivity index (χ2n) is 5.06. The predicted octanol–water partition coefficient (Wildman–Crippen LogP) is 1.08. The van der Waals surface area contributed by atoms with E-state index in [-0.39, 0.29) is 5.03 Å². The SMILES string of the molecule is CCCCN(C)S(=O)(=O)c1[nH]ncc1CNC1CC1. The summed E-state index contributed by atoms with van der Waals surface area (Å²) in [5.41, 5.74) is 0.718. The zero-order chi connectivity index (χ0) is 13.9. The maximum atomic E-state index is 12.4. The van der Waals surface area contributed by atoms with Gasteiger partial charge in [0.15, 0.2) is 5.03 Å². The monoisotopic (exact) mass is 286 g/mol. The molecule has 0 spiro atoms. The minimum atomic E-state index is -3.45. The molecule has 0 atom stereocenters. The molecule has 0 saturated heterocycles. The number of aromatic amines is 1. The average molecular weight is 286 g/mol. The summed E-state index contributed by atoms with van der Waals surface area (Å²) in [6, 6.07) is 0.545. The molecule has 1 aromatic rings. The largest absolute Gasteiger partial charge is 0.310 e. The lowest BCUT2D eigenvalue weighted by molar-refractivity contribution is 0.455. The van der Waals surface area contributed by atoms with Crippen molar-refractivity contribution in [1.29, 1.82) is 0 Å². The Balaban J connectivity index is 2.08. The van der Waals surface area contributed by atoms with Gasteiger partial charge >= 0.3 is 0 Å². The molecule has 1 fully saturated rings. The first kappa shape index (κ1) is 14.5. The summed E-state index contributed by atoms with van der Waals surface area (Å²) >= 11 is 0. The van der Waals surface area contributed by atoms with Crippen LogP contribution in [-0.4, -0.2) is 42.6 Å². The molecule has 1 aliphatic rings. The normalized spacial score (nSPS) is 16.2. The highest BCUT2D eigenvalue weighted by Crippen LogP contribution is 2.21. The van der Waals surface area contributed by atoms with E-state index in [0.29, 0.717) is 19.1 Å². The van der Waals surface area contributed by atoms with Crippen molar-refractivity contribution in [2.45, 2.75) is 50.2 Å². The van der Waals surface area contributed by atoms with Crippen LogP contribution in [0.1, 0.15) is 38.2 Å². The summed E-state index contributed by atoms with van der Waals surface area (Å²) in [6.45, 7) is 3.13. The number of hydrogen-bond acceptors (Lipinski definition) is 4. The second kappa shape index (κ2) is 6.02. The molecule has 1 heterocycles. The highest BCUT2D eigenvalue weighted by Gasteiger charge is 2.27. The van der Waals surface area contributed by atoms with Crippen LogP contribution in [0.25, 0.3) is 0 Å². The molecule has 0 bridgehead atoms. The van der Waals surface area contributed by atoms with Crippen LogP contribution in [0, 0.1) is 0 Å². The number of H-pyrrole nitrogens is 1. The number of aromatic nitrogens is 2. The van der Waals surface area contributed by atoms with Crippen molar-refractivity contribution in [1.82, 2.24) is 19.8 Å². The third-order valence-electron chi connectivity index (χ3n) is 3.33. The second-order valence-corrected chi connectivity index (χ2v) is 7.04. The van der Waals surface area contributed by atoms with Gasteiger partial charge in [-0.1, -0.05) is 13.3 Å². The Hall–Kier alpha value is -0.920. The number of rotatable bonds is 8. The Bertz CT molecular complexity index is 508. The predicted molar refractivity (Wildman–Crippen MR) is 73.2 cm³/mol. The molecule has 1 aromatic heterocycles. The van der Waals surface area contributed by atoms with Crippen LogP contribution >= 0.6 is 0 Å². The molecule has 7 heteroatoms. The van der Waals surface area contributed by atoms with Gasteiger partial charge in [-0.15, -0.1) is 0 Å². The van der Waals surface area contributed by atoms with Crippen molar-refractivity contribution in [2.75, 3.05) is 13.6 Å². The van der Waals surface area contributed by atoms with Gasteiger partial charge < -0.3 is 5.32 Å². The van der Waals surface area contributed by atoms with Gasteiger partial charge in [0.05, 0.1) is 6.20 Å². The minimum absolute atomic E-state index is 0.222. The van der Waals surface area contributed by atoms with Gasteiger partial charge in [0.1, 0.15) is 0 Å². The van der Waals surface area contributed by atoms with E-state index < -0.39 is 10.0 Å². The van der Waals surface area contributed by atoms with Gasteiger partial charge in [-0.25, -0.2) is 8.42 Å². The molecule has 2 N–H and O–H groups in total. The van der Waals surface area contributed by atoms with Gasteiger partial charge in [0.2, 0.25) is 0 Å². The molecule has 19 heavy (non-hydrogen) atoms. The summed E-state index contributed by atoms with van der Waals surface area (Å²) in [7, 11) is -1.84. The number of unbranched alkanes of at least 4 members (excludes halogenated alkanes) is 1. The number of hydrogen-bond donors (Lipinski definition) is 2. The molecule has 0 radical (unpaired) electrons. The number of sulfonamides is 1. The van der Waals surface area contributed by atoms with Crippen molar-refractivity contribution in [2.24, 2.45) is 0 Å². The Kier molecular flexibility index (Phi) is 4.59. The molecule has 2 rings (SSSR count). The van der Waals surface area contributed by atoms with Crippen molar-refractivity contribution in [3.8, 4) is 0 Å². The van der Waals surface area contributed by atoms with Crippen LogP contribution in [0.2, 0.25) is 0 Å². The quantitative estimate of drug-likeness (QED) is 0.749. The lowest BCUT2D eigenvalue weighted by Crippen LogP contribution is -2.29. The third-order valence-corrected chi connectivity index (χ3v) is 5.20. The van der Waals surface area contributed by atoms with E-state index in [0.717, 1.165) is 18.4 Å². The van der Waals surface area contributed by atoms with Gasteiger partial charge in [-0.05, 0) is 19.3 Å². The molecular weight excluding hydrogens is 264 g/mol. The molecular formula is C12H22N4O2S. The van der Waals surface area contributed by atoms with Gasteiger partial charge in [-0.2, -0.15) is 9.40 Å². The van der Waals surface area contributed by atoms with E-state index in [1.807, 2.05) is 6.92 Å². The van der Waals surface area contributed by atoms with Crippen LogP contribution in [0.5, 0.6) is 0 Å². The highest BCUT2D eigenvalue weighted by molar-refractivity contribution is 7.89. The molecule has 1 saturated carbocycles. The van der Waals surface area contributed by atoms with Gasteiger partial charge in [0.25, 0.3) is 10.0 Å². The Labute approximate surface area is 114 Å². The zero-order valence-corrected chi connectivity index (χ0v) is 12.3. The Morgan fingerprint density at radius 3 is 2.89 bits per heavy atom. The van der Waals surface area contributed by atoms with E-state index in [1.165, 1.54) is 17.1 Å². The molecule has 0 unspecified atom stereocenters. The smallest absolute Gasteiger partial charge is 0.260 e. The highest BCUT2D eigenvalue weighted by atomic mass is 32.2. The molecule has 0 aliphatic heterocycles. The van der Waals surface area contributed by atoms with Crippen LogP contribution in [0.15, 0.2) is 11.2 Å². The molecule has 0 aromatic carbocycles. The summed E-state index contributed by atoms with van der Waals surface area (Å²) in [5.74, 6) is 0. The van der Waals surface area contributed by atoms with Gasteiger partial charge in [-0.3, -0.25) is 5.10 Å². The maximum Gasteiger partial charge on any atom is 0.260 e. The lowest BCUT2D eigenvalue weighted by atomic mass is 10.3. The maximum absolute atomic E-state index is 12.4. The first-order valence-electron chi connectivity index (χ1n) is 6.77. The fourth-order valence-corrected chi connectivity index (χ4v) is 3.15. The number of nitrogens with zero attached hydrogens (tertiary/aromatic N) is 2. The number of nitrogens with one attached hydrogen (secondary N) is 2. The standard InChI is InChI=1S/C12H22N4O2S/c1-3-4-7-16(2)19(17,18)12-10(9-14-15-12)8-13-11-5-6-11/h9,11,13H,3-8H2,1-2H3,(H,14,15). The Morgan fingerprint density at radius 1 is 1.53 bits per heavy atom. The summed E-state index contributed by atoms with van der Waals surface area (Å²) in [4.78, 5) is 0. The Morgan fingerprint density at radius 2 is 2.26 bits per heavy atom. The van der Waals surface area contributed by atoms with Crippen LogP contribution < -0.4 is 5.32 Å².